The Morgan fingerprint density at radius 1 is 1.17 bits per heavy atom. The van der Waals surface area contributed by atoms with Crippen molar-refractivity contribution in [3.8, 4) is 5.75 Å². The number of hydrogen-bond acceptors (Lipinski definition) is 4. The predicted octanol–water partition coefficient (Wildman–Crippen LogP) is 2.20. The number of hydrogen-bond donors (Lipinski definition) is 1. The summed E-state index contributed by atoms with van der Waals surface area (Å²) in [6, 6.07) is 11.1. The molecule has 2 N–H and O–H groups in total. The first-order valence-electron chi connectivity index (χ1n) is 7.98. The predicted molar refractivity (Wildman–Crippen MR) is 87.3 cm³/mol. The average Bonchev–Trinajstić information content (AvgIpc) is 3.09. The monoisotopic (exact) mass is 328 g/mol. The van der Waals surface area contributed by atoms with Gasteiger partial charge in [0.05, 0.1) is 6.26 Å². The highest BCUT2D eigenvalue weighted by Crippen LogP contribution is 2.22. The first-order chi connectivity index (χ1) is 11.6. The van der Waals surface area contributed by atoms with E-state index in [1.807, 2.05) is 30.3 Å². The molecule has 0 radical (unpaired) electrons. The van der Waals surface area contributed by atoms with E-state index in [9.17, 15) is 9.59 Å². The minimum Gasteiger partial charge on any atom is -0.489 e. The number of likely N-dealkylation sites (tertiary alicyclic amines) is 1. The van der Waals surface area contributed by atoms with Crippen LogP contribution in [0.5, 0.6) is 5.75 Å². The number of furan rings is 1. The second-order valence-electron chi connectivity index (χ2n) is 5.85. The second-order valence-corrected chi connectivity index (χ2v) is 5.85. The minimum absolute atomic E-state index is 0.147. The van der Waals surface area contributed by atoms with Gasteiger partial charge in [-0.25, -0.2) is 0 Å². The lowest BCUT2D eigenvalue weighted by molar-refractivity contribution is -0.123. The number of nitrogens with two attached hydrogens (primary N) is 1. The summed E-state index contributed by atoms with van der Waals surface area (Å²) in [5, 5.41) is 0. The van der Waals surface area contributed by atoms with Crippen molar-refractivity contribution in [1.29, 1.82) is 0 Å². The molecule has 2 amide bonds. The summed E-state index contributed by atoms with van der Waals surface area (Å²) in [6.07, 6.45) is 2.68. The van der Waals surface area contributed by atoms with E-state index in [2.05, 4.69) is 0 Å². The number of benzene rings is 1. The van der Waals surface area contributed by atoms with Gasteiger partial charge in [-0.15, -0.1) is 0 Å². The highest BCUT2D eigenvalue weighted by molar-refractivity contribution is 5.93. The first-order valence-corrected chi connectivity index (χ1v) is 7.98. The molecule has 0 aliphatic carbocycles. The quantitative estimate of drug-likeness (QED) is 0.911. The Morgan fingerprint density at radius 3 is 2.54 bits per heavy atom. The van der Waals surface area contributed by atoms with Gasteiger partial charge in [0.1, 0.15) is 12.4 Å². The van der Waals surface area contributed by atoms with E-state index in [-0.39, 0.29) is 24.3 Å². The molecule has 1 saturated heterocycles. The molecule has 0 spiro atoms. The Bertz CT molecular complexity index is 703. The van der Waals surface area contributed by atoms with Crippen molar-refractivity contribution in [2.75, 3.05) is 13.1 Å². The Balaban J connectivity index is 1.62. The molecule has 126 valence electrons. The largest absolute Gasteiger partial charge is 0.489 e. The number of amides is 2. The van der Waals surface area contributed by atoms with Gasteiger partial charge < -0.3 is 19.8 Å². The normalized spacial score (nSPS) is 15.2. The van der Waals surface area contributed by atoms with Gasteiger partial charge in [0.15, 0.2) is 5.76 Å². The molecule has 2 aromatic rings. The van der Waals surface area contributed by atoms with Crippen molar-refractivity contribution in [2.45, 2.75) is 19.4 Å². The number of piperidine rings is 1. The van der Waals surface area contributed by atoms with Crippen molar-refractivity contribution in [3.05, 3.63) is 54.0 Å². The summed E-state index contributed by atoms with van der Waals surface area (Å²) < 4.78 is 11.1. The summed E-state index contributed by atoms with van der Waals surface area (Å²) in [5.41, 5.74) is 6.03. The van der Waals surface area contributed by atoms with E-state index in [1.165, 1.54) is 6.26 Å². The average molecular weight is 328 g/mol. The molecule has 0 saturated carbocycles. The van der Waals surface area contributed by atoms with Crippen LogP contribution in [-0.4, -0.2) is 29.8 Å². The second kappa shape index (κ2) is 7.21. The molecule has 1 fully saturated rings. The topological polar surface area (TPSA) is 85.8 Å². The number of nitrogens with zero attached hydrogens (tertiary/aromatic N) is 1. The van der Waals surface area contributed by atoms with Crippen LogP contribution in [0.4, 0.5) is 0 Å². The van der Waals surface area contributed by atoms with Gasteiger partial charge in [0.2, 0.25) is 5.91 Å². The summed E-state index contributed by atoms with van der Waals surface area (Å²) in [5.74, 6) is 0.418. The maximum atomic E-state index is 12.6. The summed E-state index contributed by atoms with van der Waals surface area (Å²) in [7, 11) is 0. The molecule has 1 aliphatic heterocycles. The maximum absolute atomic E-state index is 12.6. The van der Waals surface area contributed by atoms with E-state index in [4.69, 9.17) is 14.9 Å². The molecule has 0 bridgehead atoms. The van der Waals surface area contributed by atoms with Crippen LogP contribution in [-0.2, 0) is 11.4 Å². The lowest BCUT2D eigenvalue weighted by Gasteiger charge is -2.30. The molecular formula is C18H20N2O4. The maximum Gasteiger partial charge on any atom is 0.289 e. The van der Waals surface area contributed by atoms with E-state index in [0.717, 1.165) is 5.75 Å². The lowest BCUT2D eigenvalue weighted by Crippen LogP contribution is -2.41. The summed E-state index contributed by atoms with van der Waals surface area (Å²) in [4.78, 5) is 25.5. The van der Waals surface area contributed by atoms with Crippen LogP contribution in [0.1, 0.15) is 29.0 Å². The molecule has 6 nitrogen and oxygen atoms in total. The van der Waals surface area contributed by atoms with Gasteiger partial charge in [-0.3, -0.25) is 9.59 Å². The molecule has 1 aromatic heterocycles. The summed E-state index contributed by atoms with van der Waals surface area (Å²) in [6.45, 7) is 1.28. The third-order valence-corrected chi connectivity index (χ3v) is 4.26. The zero-order valence-electron chi connectivity index (χ0n) is 13.3. The van der Waals surface area contributed by atoms with Gasteiger partial charge >= 0.3 is 0 Å². The Labute approximate surface area is 140 Å². The zero-order chi connectivity index (χ0) is 16.9. The highest BCUT2D eigenvalue weighted by atomic mass is 16.5. The number of carbonyl (C=O) groups is 2. The number of ether oxygens (including phenoxy) is 1. The van der Waals surface area contributed by atoms with Crippen LogP contribution in [0.25, 0.3) is 0 Å². The molecule has 0 unspecified atom stereocenters. The SMILES string of the molecule is NC(=O)C1CCN(C(=O)c2occc2COc2ccccc2)CC1. The van der Waals surface area contributed by atoms with Crippen molar-refractivity contribution in [2.24, 2.45) is 11.7 Å². The van der Waals surface area contributed by atoms with Crippen LogP contribution in [0.2, 0.25) is 0 Å². The molecule has 2 heterocycles. The molecule has 3 rings (SSSR count). The van der Waals surface area contributed by atoms with Gasteiger partial charge in [-0.1, -0.05) is 18.2 Å². The number of para-hydroxylation sites is 1. The first kappa shape index (κ1) is 16.1. The fourth-order valence-electron chi connectivity index (χ4n) is 2.83. The van der Waals surface area contributed by atoms with Crippen LogP contribution >= 0.6 is 0 Å². The number of carbonyl (C=O) groups excluding carboxylic acids is 2. The van der Waals surface area contributed by atoms with Crippen molar-refractivity contribution in [1.82, 2.24) is 4.90 Å². The third kappa shape index (κ3) is 3.59. The van der Waals surface area contributed by atoms with Crippen molar-refractivity contribution < 1.29 is 18.7 Å². The standard InChI is InChI=1S/C18H20N2O4/c19-17(21)13-6-9-20(10-7-13)18(22)16-14(8-11-23-16)12-24-15-4-2-1-3-5-15/h1-5,8,11,13H,6-7,9-10,12H2,(H2,19,21). The third-order valence-electron chi connectivity index (χ3n) is 4.26. The molecular weight excluding hydrogens is 308 g/mol. The smallest absolute Gasteiger partial charge is 0.289 e. The summed E-state index contributed by atoms with van der Waals surface area (Å²) >= 11 is 0. The van der Waals surface area contributed by atoms with Gasteiger partial charge in [0.25, 0.3) is 5.91 Å². The van der Waals surface area contributed by atoms with E-state index < -0.39 is 0 Å². The number of rotatable bonds is 5. The van der Waals surface area contributed by atoms with Crippen LogP contribution in [0.3, 0.4) is 0 Å². The molecule has 1 aliphatic rings. The lowest BCUT2D eigenvalue weighted by atomic mass is 9.96. The fraction of sp³-hybridized carbons (Fsp3) is 0.333. The van der Waals surface area contributed by atoms with Gasteiger partial charge in [0, 0.05) is 24.6 Å². The van der Waals surface area contributed by atoms with Crippen LogP contribution < -0.4 is 10.5 Å². The van der Waals surface area contributed by atoms with Crippen molar-refractivity contribution in [3.63, 3.8) is 0 Å². The number of primary amides is 1. The zero-order valence-corrected chi connectivity index (χ0v) is 13.3. The Hall–Kier alpha value is -2.76. The van der Waals surface area contributed by atoms with E-state index in [0.29, 0.717) is 37.3 Å². The fourth-order valence-corrected chi connectivity index (χ4v) is 2.83. The van der Waals surface area contributed by atoms with E-state index >= 15 is 0 Å². The molecule has 6 heteroatoms. The molecule has 24 heavy (non-hydrogen) atoms. The van der Waals surface area contributed by atoms with Gasteiger partial charge in [-0.2, -0.15) is 0 Å². The molecule has 0 atom stereocenters. The van der Waals surface area contributed by atoms with Crippen LogP contribution in [0, 0.1) is 5.92 Å². The van der Waals surface area contributed by atoms with E-state index in [1.54, 1.807) is 11.0 Å². The highest BCUT2D eigenvalue weighted by Gasteiger charge is 2.29. The van der Waals surface area contributed by atoms with Crippen LogP contribution in [0.15, 0.2) is 47.1 Å². The Morgan fingerprint density at radius 2 is 1.88 bits per heavy atom. The Kier molecular flexibility index (Phi) is 4.84. The van der Waals surface area contributed by atoms with Crippen molar-refractivity contribution >= 4 is 11.8 Å². The van der Waals surface area contributed by atoms with Gasteiger partial charge in [-0.05, 0) is 31.0 Å². The molecule has 1 aromatic carbocycles. The minimum atomic E-state index is -0.294.